The molecule has 0 aliphatic carbocycles. The minimum atomic E-state index is -0.166. The number of benzene rings is 1. The summed E-state index contributed by atoms with van der Waals surface area (Å²) in [6.07, 6.45) is 3.29. The van der Waals surface area contributed by atoms with Gasteiger partial charge in [-0.15, -0.1) is 12.4 Å². The van der Waals surface area contributed by atoms with Gasteiger partial charge in [0.15, 0.2) is 6.61 Å². The summed E-state index contributed by atoms with van der Waals surface area (Å²) in [5.74, 6) is 1.15. The van der Waals surface area contributed by atoms with Gasteiger partial charge < -0.3 is 20.3 Å². The first kappa shape index (κ1) is 18.5. The largest absolute Gasteiger partial charge is 0.482 e. The Bertz CT molecular complexity index is 601. The third-order valence-electron chi connectivity index (χ3n) is 4.57. The van der Waals surface area contributed by atoms with Crippen LogP contribution in [0.15, 0.2) is 18.2 Å². The van der Waals surface area contributed by atoms with Crippen molar-refractivity contribution in [1.29, 1.82) is 0 Å². The van der Waals surface area contributed by atoms with Gasteiger partial charge in [-0.05, 0) is 57.0 Å². The molecule has 0 atom stereocenters. The molecule has 132 valence electrons. The third-order valence-corrected chi connectivity index (χ3v) is 4.57. The molecule has 1 saturated heterocycles. The summed E-state index contributed by atoms with van der Waals surface area (Å²) in [4.78, 5) is 25.8. The normalized spacial score (nSPS) is 17.4. The molecule has 1 fully saturated rings. The second-order valence-electron chi connectivity index (χ2n) is 6.18. The van der Waals surface area contributed by atoms with Crippen molar-refractivity contribution in [1.82, 2.24) is 10.2 Å². The molecule has 0 aromatic heterocycles. The van der Waals surface area contributed by atoms with E-state index in [0.29, 0.717) is 22.9 Å². The van der Waals surface area contributed by atoms with Gasteiger partial charge in [0.05, 0.1) is 5.69 Å². The van der Waals surface area contributed by atoms with Crippen molar-refractivity contribution in [3.63, 3.8) is 0 Å². The fraction of sp³-hybridized carbons (Fsp3) is 0.529. The number of hydrogen-bond donors (Lipinski definition) is 2. The number of halogens is 1. The summed E-state index contributed by atoms with van der Waals surface area (Å²) in [7, 11) is 1.97. The second-order valence-corrected chi connectivity index (χ2v) is 6.18. The molecule has 24 heavy (non-hydrogen) atoms. The Morgan fingerprint density at radius 1 is 1.38 bits per heavy atom. The SMILES string of the molecule is CNCCC1CCN(C(=O)c2ccc3c(c2)OCC(=O)N3)CC1.Cl. The number of likely N-dealkylation sites (tertiary alicyclic amines) is 1. The molecular formula is C17H24ClN3O3. The van der Waals surface area contributed by atoms with E-state index in [2.05, 4.69) is 10.6 Å². The van der Waals surface area contributed by atoms with Gasteiger partial charge in [-0.25, -0.2) is 0 Å². The molecule has 7 heteroatoms. The lowest BCUT2D eigenvalue weighted by Gasteiger charge is -2.32. The molecule has 3 rings (SSSR count). The maximum atomic E-state index is 12.6. The van der Waals surface area contributed by atoms with Gasteiger partial charge in [0.1, 0.15) is 5.75 Å². The van der Waals surface area contributed by atoms with E-state index >= 15 is 0 Å². The minimum absolute atomic E-state index is 0. The van der Waals surface area contributed by atoms with Gasteiger partial charge in [0, 0.05) is 18.7 Å². The first-order valence-corrected chi connectivity index (χ1v) is 8.18. The third kappa shape index (κ3) is 4.19. The van der Waals surface area contributed by atoms with Crippen LogP contribution >= 0.6 is 12.4 Å². The monoisotopic (exact) mass is 353 g/mol. The van der Waals surface area contributed by atoms with Crippen molar-refractivity contribution in [3.05, 3.63) is 23.8 Å². The molecule has 2 amide bonds. The smallest absolute Gasteiger partial charge is 0.262 e. The number of piperidine rings is 1. The van der Waals surface area contributed by atoms with Gasteiger partial charge in [-0.3, -0.25) is 9.59 Å². The molecule has 0 bridgehead atoms. The van der Waals surface area contributed by atoms with E-state index in [1.807, 2.05) is 11.9 Å². The van der Waals surface area contributed by atoms with Crippen molar-refractivity contribution in [3.8, 4) is 5.75 Å². The highest BCUT2D eigenvalue weighted by atomic mass is 35.5. The van der Waals surface area contributed by atoms with Crippen LogP contribution in [0.5, 0.6) is 5.75 Å². The van der Waals surface area contributed by atoms with Gasteiger partial charge in [-0.2, -0.15) is 0 Å². The van der Waals surface area contributed by atoms with Crippen LogP contribution in [0.25, 0.3) is 0 Å². The first-order chi connectivity index (χ1) is 11.2. The van der Waals surface area contributed by atoms with E-state index < -0.39 is 0 Å². The molecule has 2 heterocycles. The van der Waals surface area contributed by atoms with Crippen LogP contribution in [-0.4, -0.2) is 50.0 Å². The Balaban J connectivity index is 0.00000208. The number of amides is 2. The Hall–Kier alpha value is -1.79. The number of carbonyl (C=O) groups is 2. The topological polar surface area (TPSA) is 70.7 Å². The number of rotatable bonds is 4. The zero-order valence-corrected chi connectivity index (χ0v) is 14.7. The van der Waals surface area contributed by atoms with Crippen LogP contribution in [0.1, 0.15) is 29.6 Å². The fourth-order valence-electron chi connectivity index (χ4n) is 3.16. The predicted octanol–water partition coefficient (Wildman–Crippen LogP) is 1.90. The fourth-order valence-corrected chi connectivity index (χ4v) is 3.16. The highest BCUT2D eigenvalue weighted by Crippen LogP contribution is 2.29. The molecule has 0 saturated carbocycles. The first-order valence-electron chi connectivity index (χ1n) is 8.18. The van der Waals surface area contributed by atoms with E-state index in [9.17, 15) is 9.59 Å². The minimum Gasteiger partial charge on any atom is -0.482 e. The number of carbonyl (C=O) groups excluding carboxylic acids is 2. The van der Waals surface area contributed by atoms with Crippen LogP contribution in [0.4, 0.5) is 5.69 Å². The molecule has 0 spiro atoms. The molecule has 2 aliphatic heterocycles. The molecule has 0 unspecified atom stereocenters. The van der Waals surface area contributed by atoms with E-state index in [4.69, 9.17) is 4.74 Å². The Morgan fingerprint density at radius 3 is 2.83 bits per heavy atom. The van der Waals surface area contributed by atoms with E-state index in [0.717, 1.165) is 32.5 Å². The Morgan fingerprint density at radius 2 is 2.12 bits per heavy atom. The summed E-state index contributed by atoms with van der Waals surface area (Å²) in [5, 5.41) is 5.92. The predicted molar refractivity (Wildman–Crippen MR) is 95.0 cm³/mol. The summed E-state index contributed by atoms with van der Waals surface area (Å²) in [6, 6.07) is 5.21. The molecule has 1 aromatic carbocycles. The number of nitrogens with zero attached hydrogens (tertiary/aromatic N) is 1. The average Bonchev–Trinajstić information content (AvgIpc) is 2.59. The maximum absolute atomic E-state index is 12.6. The van der Waals surface area contributed by atoms with Crippen molar-refractivity contribution in [2.24, 2.45) is 5.92 Å². The van der Waals surface area contributed by atoms with Gasteiger partial charge >= 0.3 is 0 Å². The lowest BCUT2D eigenvalue weighted by Crippen LogP contribution is -2.39. The molecule has 1 aromatic rings. The van der Waals surface area contributed by atoms with Gasteiger partial charge in [0.25, 0.3) is 11.8 Å². The summed E-state index contributed by atoms with van der Waals surface area (Å²) in [6.45, 7) is 2.65. The van der Waals surface area contributed by atoms with E-state index in [1.165, 1.54) is 6.42 Å². The molecule has 0 radical (unpaired) electrons. The van der Waals surface area contributed by atoms with Gasteiger partial charge in [0.2, 0.25) is 0 Å². The van der Waals surface area contributed by atoms with Crippen LogP contribution in [0.2, 0.25) is 0 Å². The highest BCUT2D eigenvalue weighted by molar-refractivity contribution is 5.99. The van der Waals surface area contributed by atoms with Crippen molar-refractivity contribution >= 4 is 29.9 Å². The summed E-state index contributed by atoms with van der Waals surface area (Å²) in [5.41, 5.74) is 1.25. The van der Waals surface area contributed by atoms with Crippen molar-refractivity contribution in [2.75, 3.05) is 38.6 Å². The lowest BCUT2D eigenvalue weighted by molar-refractivity contribution is -0.118. The maximum Gasteiger partial charge on any atom is 0.262 e. The van der Waals surface area contributed by atoms with Gasteiger partial charge in [-0.1, -0.05) is 0 Å². The second kappa shape index (κ2) is 8.35. The zero-order valence-electron chi connectivity index (χ0n) is 13.8. The summed E-state index contributed by atoms with van der Waals surface area (Å²) < 4.78 is 5.39. The summed E-state index contributed by atoms with van der Waals surface area (Å²) >= 11 is 0. The molecule has 2 N–H and O–H groups in total. The highest BCUT2D eigenvalue weighted by Gasteiger charge is 2.25. The average molecular weight is 354 g/mol. The van der Waals surface area contributed by atoms with Crippen molar-refractivity contribution in [2.45, 2.75) is 19.3 Å². The van der Waals surface area contributed by atoms with Crippen LogP contribution in [-0.2, 0) is 4.79 Å². The zero-order chi connectivity index (χ0) is 16.2. The van der Waals surface area contributed by atoms with E-state index in [1.54, 1.807) is 18.2 Å². The Kier molecular flexibility index (Phi) is 6.45. The number of hydrogen-bond acceptors (Lipinski definition) is 4. The van der Waals surface area contributed by atoms with E-state index in [-0.39, 0.29) is 30.8 Å². The molecule has 2 aliphatic rings. The lowest BCUT2D eigenvalue weighted by atomic mass is 9.93. The van der Waals surface area contributed by atoms with Crippen LogP contribution in [0.3, 0.4) is 0 Å². The van der Waals surface area contributed by atoms with Crippen LogP contribution < -0.4 is 15.4 Å². The number of anilines is 1. The number of nitrogens with one attached hydrogen (secondary N) is 2. The molecule has 6 nitrogen and oxygen atoms in total. The van der Waals surface area contributed by atoms with Crippen molar-refractivity contribution < 1.29 is 14.3 Å². The Labute approximate surface area is 148 Å². The number of fused-ring (bicyclic) bond motifs is 1. The number of ether oxygens (including phenoxy) is 1. The quantitative estimate of drug-likeness (QED) is 0.867. The van der Waals surface area contributed by atoms with Crippen LogP contribution in [0, 0.1) is 5.92 Å². The molecular weight excluding hydrogens is 330 g/mol. The standard InChI is InChI=1S/C17H23N3O3.ClH/c1-18-7-4-12-5-8-20(9-6-12)17(22)13-2-3-14-15(10-13)23-11-16(21)19-14;/h2-3,10,12,18H,4-9,11H2,1H3,(H,19,21);1H.